The normalized spacial score (nSPS) is 17.5. The van der Waals surface area contributed by atoms with Gasteiger partial charge in [0.15, 0.2) is 0 Å². The van der Waals surface area contributed by atoms with Crippen LogP contribution >= 0.6 is 0 Å². The van der Waals surface area contributed by atoms with E-state index in [2.05, 4.69) is 27.5 Å². The van der Waals surface area contributed by atoms with E-state index >= 15 is 0 Å². The number of rotatable bonds is 2. The van der Waals surface area contributed by atoms with E-state index in [9.17, 15) is 14.4 Å². The van der Waals surface area contributed by atoms with Gasteiger partial charge in [-0.05, 0) is 12.5 Å². The highest BCUT2D eigenvalue weighted by Crippen LogP contribution is 2.09. The zero-order valence-electron chi connectivity index (χ0n) is 11.2. The first kappa shape index (κ1) is 14.7. The van der Waals surface area contributed by atoms with Crippen molar-refractivity contribution in [1.82, 2.24) is 15.6 Å². The SMILES string of the molecule is NCC#Cc1cnccc1C(=O)NC1CCC(=O)NC1=O. The fourth-order valence-corrected chi connectivity index (χ4v) is 1.91. The number of piperidine rings is 1. The summed E-state index contributed by atoms with van der Waals surface area (Å²) in [5.74, 6) is 4.14. The van der Waals surface area contributed by atoms with Crippen molar-refractivity contribution in [2.24, 2.45) is 5.73 Å². The summed E-state index contributed by atoms with van der Waals surface area (Å²) >= 11 is 0. The van der Waals surface area contributed by atoms with Gasteiger partial charge in [-0.2, -0.15) is 0 Å². The van der Waals surface area contributed by atoms with Gasteiger partial charge >= 0.3 is 0 Å². The molecule has 7 heteroatoms. The Balaban J connectivity index is 2.14. The highest BCUT2D eigenvalue weighted by molar-refractivity contribution is 6.04. The summed E-state index contributed by atoms with van der Waals surface area (Å²) < 4.78 is 0. The van der Waals surface area contributed by atoms with Gasteiger partial charge in [-0.25, -0.2) is 0 Å². The molecule has 1 unspecified atom stereocenters. The number of carbonyl (C=O) groups is 3. The largest absolute Gasteiger partial charge is 0.340 e. The van der Waals surface area contributed by atoms with Gasteiger partial charge in [-0.3, -0.25) is 24.7 Å². The molecule has 0 bridgehead atoms. The lowest BCUT2D eigenvalue weighted by Crippen LogP contribution is -2.52. The van der Waals surface area contributed by atoms with Crippen LogP contribution in [0, 0.1) is 11.8 Å². The molecule has 2 heterocycles. The number of hydrogen-bond donors (Lipinski definition) is 3. The van der Waals surface area contributed by atoms with E-state index in [-0.39, 0.29) is 25.3 Å². The molecule has 1 atom stereocenters. The zero-order valence-corrected chi connectivity index (χ0v) is 11.2. The van der Waals surface area contributed by atoms with E-state index in [4.69, 9.17) is 5.73 Å². The molecule has 1 aromatic heterocycles. The summed E-state index contributed by atoms with van der Waals surface area (Å²) in [6, 6.07) is 0.792. The number of nitrogens with one attached hydrogen (secondary N) is 2. The topological polar surface area (TPSA) is 114 Å². The van der Waals surface area contributed by atoms with E-state index in [1.165, 1.54) is 18.5 Å². The molecule has 1 saturated heterocycles. The van der Waals surface area contributed by atoms with Crippen molar-refractivity contribution in [3.8, 4) is 11.8 Å². The fourth-order valence-electron chi connectivity index (χ4n) is 1.91. The molecule has 21 heavy (non-hydrogen) atoms. The molecule has 0 aliphatic carbocycles. The maximum Gasteiger partial charge on any atom is 0.253 e. The summed E-state index contributed by atoms with van der Waals surface area (Å²) in [6.45, 7) is 0.170. The average Bonchev–Trinajstić information content (AvgIpc) is 2.48. The molecule has 108 valence electrons. The molecule has 4 N–H and O–H groups in total. The van der Waals surface area contributed by atoms with Crippen LogP contribution < -0.4 is 16.4 Å². The van der Waals surface area contributed by atoms with Crippen LogP contribution in [0.1, 0.15) is 28.8 Å². The summed E-state index contributed by atoms with van der Waals surface area (Å²) in [7, 11) is 0. The third-order valence-corrected chi connectivity index (χ3v) is 2.94. The van der Waals surface area contributed by atoms with Crippen LogP contribution in [0.3, 0.4) is 0 Å². The molecular weight excluding hydrogens is 272 g/mol. The second kappa shape index (κ2) is 6.63. The third-order valence-electron chi connectivity index (χ3n) is 2.94. The number of pyridine rings is 1. The van der Waals surface area contributed by atoms with Crippen LogP contribution in [-0.4, -0.2) is 35.3 Å². The first-order valence-electron chi connectivity index (χ1n) is 6.39. The van der Waals surface area contributed by atoms with E-state index < -0.39 is 17.9 Å². The van der Waals surface area contributed by atoms with E-state index in [1.807, 2.05) is 0 Å². The highest BCUT2D eigenvalue weighted by Gasteiger charge is 2.28. The van der Waals surface area contributed by atoms with Gasteiger partial charge < -0.3 is 11.1 Å². The van der Waals surface area contributed by atoms with Gasteiger partial charge in [0.1, 0.15) is 6.04 Å². The maximum atomic E-state index is 12.2. The molecule has 0 radical (unpaired) electrons. The predicted molar refractivity (Wildman–Crippen MR) is 73.8 cm³/mol. The van der Waals surface area contributed by atoms with Crippen LogP contribution in [-0.2, 0) is 9.59 Å². The molecular formula is C14H14N4O3. The molecule has 3 amide bonds. The van der Waals surface area contributed by atoms with E-state index in [1.54, 1.807) is 0 Å². The zero-order chi connectivity index (χ0) is 15.2. The van der Waals surface area contributed by atoms with Crippen molar-refractivity contribution in [3.05, 3.63) is 29.6 Å². The van der Waals surface area contributed by atoms with E-state index in [0.29, 0.717) is 11.1 Å². The van der Waals surface area contributed by atoms with Crippen molar-refractivity contribution >= 4 is 17.7 Å². The molecule has 0 spiro atoms. The van der Waals surface area contributed by atoms with Crippen LogP contribution in [0.5, 0.6) is 0 Å². The summed E-state index contributed by atoms with van der Waals surface area (Å²) in [4.78, 5) is 38.8. The standard InChI is InChI=1S/C14H14N4O3/c15-6-1-2-9-8-16-7-5-10(9)13(20)17-11-3-4-12(19)18-14(11)21/h5,7-8,11H,3-4,6,15H2,(H,17,20)(H,18,19,21). The number of imide groups is 1. The predicted octanol–water partition coefficient (Wildman–Crippen LogP) is -1.07. The molecule has 1 aliphatic heterocycles. The molecule has 7 nitrogen and oxygen atoms in total. The van der Waals surface area contributed by atoms with Crippen LogP contribution in [0.15, 0.2) is 18.5 Å². The minimum absolute atomic E-state index is 0.170. The Kier molecular flexibility index (Phi) is 4.64. The van der Waals surface area contributed by atoms with Gasteiger partial charge in [-0.15, -0.1) is 0 Å². The van der Waals surface area contributed by atoms with Crippen LogP contribution in [0.25, 0.3) is 0 Å². The first-order valence-corrected chi connectivity index (χ1v) is 6.39. The summed E-state index contributed by atoms with van der Waals surface area (Å²) in [6.07, 6.45) is 3.41. The number of amides is 3. The Bertz CT molecular complexity index is 645. The second-order valence-electron chi connectivity index (χ2n) is 4.40. The lowest BCUT2D eigenvalue weighted by atomic mass is 10.0. The van der Waals surface area contributed by atoms with E-state index in [0.717, 1.165) is 0 Å². The molecule has 0 aromatic carbocycles. The van der Waals surface area contributed by atoms with Crippen LogP contribution in [0.2, 0.25) is 0 Å². The van der Waals surface area contributed by atoms with Gasteiger partial charge in [0, 0.05) is 18.8 Å². The number of hydrogen-bond acceptors (Lipinski definition) is 5. The van der Waals surface area contributed by atoms with Crippen LogP contribution in [0.4, 0.5) is 0 Å². The molecule has 1 aliphatic rings. The third kappa shape index (κ3) is 3.64. The lowest BCUT2D eigenvalue weighted by molar-refractivity contribution is -0.134. The second-order valence-corrected chi connectivity index (χ2v) is 4.40. The maximum absolute atomic E-state index is 12.2. The number of nitrogens with zero attached hydrogens (tertiary/aromatic N) is 1. The minimum atomic E-state index is -0.723. The van der Waals surface area contributed by atoms with Crippen molar-refractivity contribution < 1.29 is 14.4 Å². The van der Waals surface area contributed by atoms with Gasteiger partial charge in [0.05, 0.1) is 17.7 Å². The Morgan fingerprint density at radius 2 is 2.33 bits per heavy atom. The summed E-state index contributed by atoms with van der Waals surface area (Å²) in [5, 5.41) is 4.78. The Hall–Kier alpha value is -2.72. The molecule has 0 saturated carbocycles. The molecule has 2 rings (SSSR count). The van der Waals surface area contributed by atoms with Gasteiger partial charge in [-0.1, -0.05) is 11.8 Å². The highest BCUT2D eigenvalue weighted by atomic mass is 16.2. The molecule has 1 fully saturated rings. The minimum Gasteiger partial charge on any atom is -0.340 e. The fraction of sp³-hybridized carbons (Fsp3) is 0.286. The smallest absolute Gasteiger partial charge is 0.253 e. The van der Waals surface area contributed by atoms with Crippen molar-refractivity contribution in [2.75, 3.05) is 6.54 Å². The molecule has 1 aromatic rings. The monoisotopic (exact) mass is 286 g/mol. The Morgan fingerprint density at radius 3 is 3.05 bits per heavy atom. The summed E-state index contributed by atoms with van der Waals surface area (Å²) in [5.41, 5.74) is 6.06. The Morgan fingerprint density at radius 1 is 1.52 bits per heavy atom. The first-order chi connectivity index (χ1) is 10.1. The lowest BCUT2D eigenvalue weighted by Gasteiger charge is -2.21. The van der Waals surface area contributed by atoms with Crippen molar-refractivity contribution in [1.29, 1.82) is 0 Å². The number of carbonyl (C=O) groups excluding carboxylic acids is 3. The van der Waals surface area contributed by atoms with Gasteiger partial charge in [0.2, 0.25) is 11.8 Å². The Labute approximate surface area is 121 Å². The van der Waals surface area contributed by atoms with Crippen molar-refractivity contribution in [2.45, 2.75) is 18.9 Å². The van der Waals surface area contributed by atoms with Crippen molar-refractivity contribution in [3.63, 3.8) is 0 Å². The quantitative estimate of drug-likeness (QED) is 0.473. The average molecular weight is 286 g/mol. The number of aromatic nitrogens is 1. The van der Waals surface area contributed by atoms with Gasteiger partial charge in [0.25, 0.3) is 5.91 Å². The number of nitrogens with two attached hydrogens (primary N) is 1.